The van der Waals surface area contributed by atoms with Crippen LogP contribution >= 0.6 is 15.9 Å². The monoisotopic (exact) mass is 253 g/mol. The van der Waals surface area contributed by atoms with Crippen LogP contribution in [0, 0.1) is 0 Å². The molecule has 0 fully saturated rings. The fourth-order valence-electron chi connectivity index (χ4n) is 1.38. The maximum atomic E-state index is 11.3. The molecular weight excluding hydrogens is 246 g/mol. The number of hydrogen-bond acceptors (Lipinski definition) is 3. The minimum atomic E-state index is -0.0458. The normalized spacial score (nSPS) is 10.8. The molecule has 0 aliphatic carbocycles. The van der Waals surface area contributed by atoms with Crippen molar-refractivity contribution in [3.05, 3.63) is 22.4 Å². The molecule has 2 rings (SSSR count). The van der Waals surface area contributed by atoms with Crippen LogP contribution in [0.4, 0.5) is 0 Å². The molecule has 2 heterocycles. The number of nitrogens with zero attached hydrogens (tertiary/aromatic N) is 3. The van der Waals surface area contributed by atoms with Crippen molar-refractivity contribution < 1.29 is 4.79 Å². The molecule has 0 spiro atoms. The first-order valence-electron chi connectivity index (χ1n) is 4.09. The Hall–Kier alpha value is -1.23. The number of carbonyl (C=O) groups excluding carboxylic acids is 1. The van der Waals surface area contributed by atoms with E-state index in [1.165, 1.54) is 6.92 Å². The SMILES string of the molecule is CC(=O)c1nn(C)c2ncc(Br)cc12. The van der Waals surface area contributed by atoms with E-state index in [2.05, 4.69) is 26.0 Å². The number of pyridine rings is 1. The van der Waals surface area contributed by atoms with Gasteiger partial charge in [0.15, 0.2) is 11.4 Å². The van der Waals surface area contributed by atoms with Gasteiger partial charge in [0.1, 0.15) is 5.69 Å². The summed E-state index contributed by atoms with van der Waals surface area (Å²) in [4.78, 5) is 15.4. The third-order valence-electron chi connectivity index (χ3n) is 1.98. The molecule has 0 saturated carbocycles. The Balaban J connectivity index is 2.85. The molecule has 5 heteroatoms. The van der Waals surface area contributed by atoms with E-state index in [1.54, 1.807) is 17.9 Å². The van der Waals surface area contributed by atoms with E-state index in [0.29, 0.717) is 5.69 Å². The van der Waals surface area contributed by atoms with Gasteiger partial charge < -0.3 is 0 Å². The van der Waals surface area contributed by atoms with E-state index in [-0.39, 0.29) is 5.78 Å². The number of fused-ring (bicyclic) bond motifs is 1. The van der Waals surface area contributed by atoms with Crippen LogP contribution in [-0.4, -0.2) is 20.5 Å². The van der Waals surface area contributed by atoms with E-state index in [9.17, 15) is 4.79 Å². The summed E-state index contributed by atoms with van der Waals surface area (Å²) in [6.45, 7) is 1.50. The van der Waals surface area contributed by atoms with Crippen molar-refractivity contribution in [2.75, 3.05) is 0 Å². The zero-order valence-corrected chi connectivity index (χ0v) is 9.37. The highest BCUT2D eigenvalue weighted by molar-refractivity contribution is 9.10. The van der Waals surface area contributed by atoms with Gasteiger partial charge in [-0.15, -0.1) is 0 Å². The molecule has 14 heavy (non-hydrogen) atoms. The second-order valence-electron chi connectivity index (χ2n) is 3.05. The van der Waals surface area contributed by atoms with Crippen LogP contribution in [0.2, 0.25) is 0 Å². The van der Waals surface area contributed by atoms with Crippen LogP contribution in [0.15, 0.2) is 16.7 Å². The maximum Gasteiger partial charge on any atom is 0.180 e. The van der Waals surface area contributed by atoms with E-state index >= 15 is 0 Å². The first-order valence-corrected chi connectivity index (χ1v) is 4.88. The second-order valence-corrected chi connectivity index (χ2v) is 3.97. The van der Waals surface area contributed by atoms with Crippen molar-refractivity contribution in [2.24, 2.45) is 7.05 Å². The molecule has 0 atom stereocenters. The molecule has 0 amide bonds. The molecule has 0 bridgehead atoms. The Morgan fingerprint density at radius 1 is 1.57 bits per heavy atom. The number of rotatable bonds is 1. The Morgan fingerprint density at radius 2 is 2.29 bits per heavy atom. The Labute approximate surface area is 89.1 Å². The predicted molar refractivity (Wildman–Crippen MR) is 56.2 cm³/mol. The molecule has 2 aromatic rings. The Morgan fingerprint density at radius 3 is 2.93 bits per heavy atom. The molecule has 0 radical (unpaired) electrons. The molecule has 72 valence electrons. The third kappa shape index (κ3) is 1.33. The maximum absolute atomic E-state index is 11.3. The smallest absolute Gasteiger partial charge is 0.180 e. The summed E-state index contributed by atoms with van der Waals surface area (Å²) in [6.07, 6.45) is 1.69. The molecule has 0 aliphatic heterocycles. The molecule has 0 aromatic carbocycles. The van der Waals surface area contributed by atoms with Gasteiger partial charge in [-0.3, -0.25) is 4.79 Å². The molecule has 0 N–H and O–H groups in total. The average Bonchev–Trinajstić information content (AvgIpc) is 2.43. The second kappa shape index (κ2) is 3.16. The minimum absolute atomic E-state index is 0.0458. The molecular formula is C9H8BrN3O. The lowest BCUT2D eigenvalue weighted by molar-refractivity contribution is 0.101. The van der Waals surface area contributed by atoms with E-state index < -0.39 is 0 Å². The van der Waals surface area contributed by atoms with Gasteiger partial charge in [0, 0.05) is 24.6 Å². The summed E-state index contributed by atoms with van der Waals surface area (Å²) in [5, 5.41) is 4.90. The zero-order chi connectivity index (χ0) is 10.3. The molecule has 0 aliphatic rings. The quantitative estimate of drug-likeness (QED) is 0.730. The van der Waals surface area contributed by atoms with Gasteiger partial charge in [-0.2, -0.15) is 5.10 Å². The number of ketones is 1. The Bertz CT molecular complexity index is 518. The molecule has 2 aromatic heterocycles. The first-order chi connectivity index (χ1) is 6.59. The third-order valence-corrected chi connectivity index (χ3v) is 2.41. The van der Waals surface area contributed by atoms with Crippen molar-refractivity contribution in [2.45, 2.75) is 6.92 Å². The summed E-state index contributed by atoms with van der Waals surface area (Å²) < 4.78 is 2.46. The fourth-order valence-corrected chi connectivity index (χ4v) is 1.71. The molecule has 0 unspecified atom stereocenters. The Kier molecular flexibility index (Phi) is 2.11. The summed E-state index contributed by atoms with van der Waals surface area (Å²) in [6, 6.07) is 1.85. The van der Waals surface area contributed by atoms with Gasteiger partial charge in [-0.25, -0.2) is 9.67 Å². The van der Waals surface area contributed by atoms with E-state index in [0.717, 1.165) is 15.5 Å². The van der Waals surface area contributed by atoms with Crippen LogP contribution < -0.4 is 0 Å². The number of aryl methyl sites for hydroxylation is 1. The van der Waals surface area contributed by atoms with E-state index in [4.69, 9.17) is 0 Å². The van der Waals surface area contributed by atoms with Crippen molar-refractivity contribution in [3.63, 3.8) is 0 Å². The summed E-state index contributed by atoms with van der Waals surface area (Å²) >= 11 is 3.31. The topological polar surface area (TPSA) is 47.8 Å². The van der Waals surface area contributed by atoms with Crippen LogP contribution in [0.3, 0.4) is 0 Å². The number of carbonyl (C=O) groups is 1. The van der Waals surface area contributed by atoms with Gasteiger partial charge in [0.25, 0.3) is 0 Å². The van der Waals surface area contributed by atoms with Crippen molar-refractivity contribution >= 4 is 32.7 Å². The van der Waals surface area contributed by atoms with Crippen molar-refractivity contribution in [1.29, 1.82) is 0 Å². The lowest BCUT2D eigenvalue weighted by atomic mass is 10.2. The van der Waals surface area contributed by atoms with Gasteiger partial charge >= 0.3 is 0 Å². The number of Topliss-reactive ketones (excluding diaryl/α,β-unsaturated/α-hetero) is 1. The number of aromatic nitrogens is 3. The number of hydrogen-bond donors (Lipinski definition) is 0. The van der Waals surface area contributed by atoms with Crippen molar-refractivity contribution in [3.8, 4) is 0 Å². The minimum Gasteiger partial charge on any atom is -0.293 e. The fraction of sp³-hybridized carbons (Fsp3) is 0.222. The van der Waals surface area contributed by atoms with Gasteiger partial charge in [-0.1, -0.05) is 0 Å². The first kappa shape index (κ1) is 9.33. The summed E-state index contributed by atoms with van der Waals surface area (Å²) in [5.74, 6) is -0.0458. The highest BCUT2D eigenvalue weighted by Crippen LogP contribution is 2.20. The zero-order valence-electron chi connectivity index (χ0n) is 7.78. The highest BCUT2D eigenvalue weighted by atomic mass is 79.9. The average molecular weight is 254 g/mol. The van der Waals surface area contributed by atoms with Crippen molar-refractivity contribution in [1.82, 2.24) is 14.8 Å². The molecule has 0 saturated heterocycles. The summed E-state index contributed by atoms with van der Waals surface area (Å²) in [7, 11) is 1.77. The standard InChI is InChI=1S/C9H8BrN3O/c1-5(14)8-7-3-6(10)4-11-9(7)13(2)12-8/h3-4H,1-2H3. The molecule has 4 nitrogen and oxygen atoms in total. The predicted octanol–water partition coefficient (Wildman–Crippen LogP) is 1.93. The van der Waals surface area contributed by atoms with Crippen LogP contribution in [-0.2, 0) is 7.05 Å². The van der Waals surface area contributed by atoms with Crippen LogP contribution in [0.1, 0.15) is 17.4 Å². The van der Waals surface area contributed by atoms with Crippen LogP contribution in [0.25, 0.3) is 11.0 Å². The van der Waals surface area contributed by atoms with Gasteiger partial charge in [0.2, 0.25) is 0 Å². The largest absolute Gasteiger partial charge is 0.293 e. The van der Waals surface area contributed by atoms with Gasteiger partial charge in [-0.05, 0) is 22.0 Å². The summed E-state index contributed by atoms with van der Waals surface area (Å²) in [5.41, 5.74) is 1.19. The van der Waals surface area contributed by atoms with Crippen LogP contribution in [0.5, 0.6) is 0 Å². The number of halogens is 1. The van der Waals surface area contributed by atoms with E-state index in [1.807, 2.05) is 6.07 Å². The lowest BCUT2D eigenvalue weighted by Gasteiger charge is -1.92. The lowest BCUT2D eigenvalue weighted by Crippen LogP contribution is -1.96. The van der Waals surface area contributed by atoms with Gasteiger partial charge in [0.05, 0.1) is 5.39 Å². The highest BCUT2D eigenvalue weighted by Gasteiger charge is 2.13.